The molecule has 0 atom stereocenters. The fourth-order valence-electron chi connectivity index (χ4n) is 2.56. The predicted molar refractivity (Wildman–Crippen MR) is 93.4 cm³/mol. The molecule has 0 bridgehead atoms. The minimum Gasteiger partial charge on any atom is -0.494 e. The van der Waals surface area contributed by atoms with Crippen molar-refractivity contribution in [1.29, 1.82) is 0 Å². The van der Waals surface area contributed by atoms with Crippen LogP contribution in [-0.2, 0) is 4.74 Å². The molecular weight excluding hydrogens is 336 g/mol. The van der Waals surface area contributed by atoms with Crippen molar-refractivity contribution >= 4 is 11.9 Å². The zero-order valence-electron chi connectivity index (χ0n) is 14.2. The van der Waals surface area contributed by atoms with Crippen LogP contribution in [0.3, 0.4) is 0 Å². The number of likely N-dealkylation sites (tertiary alicyclic amines) is 1. The highest BCUT2D eigenvalue weighted by molar-refractivity contribution is 5.94. The summed E-state index contributed by atoms with van der Waals surface area (Å²) in [4.78, 5) is 28.7. The number of aromatic carboxylic acids is 1. The maximum Gasteiger partial charge on any atom is 0.354 e. The van der Waals surface area contributed by atoms with Crippen LogP contribution in [0.1, 0.15) is 27.4 Å². The van der Waals surface area contributed by atoms with Crippen molar-refractivity contribution in [2.24, 2.45) is 0 Å². The van der Waals surface area contributed by atoms with Crippen molar-refractivity contribution in [2.75, 3.05) is 26.3 Å². The molecule has 0 aliphatic carbocycles. The molecule has 1 saturated heterocycles. The lowest BCUT2D eigenvalue weighted by atomic mass is 10.1. The van der Waals surface area contributed by atoms with E-state index in [2.05, 4.69) is 4.98 Å². The van der Waals surface area contributed by atoms with Gasteiger partial charge in [0.1, 0.15) is 17.1 Å². The molecule has 136 valence electrons. The molecule has 0 radical (unpaired) electrons. The largest absolute Gasteiger partial charge is 0.494 e. The van der Waals surface area contributed by atoms with Gasteiger partial charge in [-0.25, -0.2) is 9.78 Å². The van der Waals surface area contributed by atoms with Gasteiger partial charge in [-0.2, -0.15) is 0 Å². The highest BCUT2D eigenvalue weighted by atomic mass is 16.5. The van der Waals surface area contributed by atoms with Crippen LogP contribution in [0.25, 0.3) is 0 Å². The van der Waals surface area contributed by atoms with E-state index in [1.807, 2.05) is 30.3 Å². The Labute approximate surface area is 151 Å². The molecule has 1 amide bonds. The van der Waals surface area contributed by atoms with Crippen LogP contribution in [0, 0.1) is 0 Å². The monoisotopic (exact) mass is 356 g/mol. The van der Waals surface area contributed by atoms with Gasteiger partial charge in [-0.1, -0.05) is 24.3 Å². The van der Waals surface area contributed by atoms with E-state index in [1.165, 1.54) is 18.2 Å². The third kappa shape index (κ3) is 4.58. The summed E-state index contributed by atoms with van der Waals surface area (Å²) < 4.78 is 11.3. The summed E-state index contributed by atoms with van der Waals surface area (Å²) in [6.45, 7) is 2.10. The lowest BCUT2D eigenvalue weighted by Crippen LogP contribution is -2.55. The third-order valence-corrected chi connectivity index (χ3v) is 3.98. The molecule has 0 unspecified atom stereocenters. The van der Waals surface area contributed by atoms with Gasteiger partial charge in [0.15, 0.2) is 0 Å². The molecule has 7 heteroatoms. The van der Waals surface area contributed by atoms with Crippen molar-refractivity contribution in [1.82, 2.24) is 9.88 Å². The second kappa shape index (κ2) is 8.44. The molecule has 1 aliphatic heterocycles. The van der Waals surface area contributed by atoms with Crippen LogP contribution in [0.4, 0.5) is 0 Å². The Hall–Kier alpha value is -2.93. The lowest BCUT2D eigenvalue weighted by molar-refractivity contribution is -0.0451. The first-order chi connectivity index (χ1) is 12.6. The highest BCUT2D eigenvalue weighted by Gasteiger charge is 2.32. The summed E-state index contributed by atoms with van der Waals surface area (Å²) >= 11 is 0. The molecule has 1 N–H and O–H groups in total. The second-order valence-electron chi connectivity index (χ2n) is 5.93. The molecule has 2 heterocycles. The fraction of sp³-hybridized carbons (Fsp3) is 0.316. The zero-order chi connectivity index (χ0) is 18.4. The first-order valence-corrected chi connectivity index (χ1v) is 8.42. The minimum absolute atomic E-state index is 0.00154. The van der Waals surface area contributed by atoms with Gasteiger partial charge in [-0.15, -0.1) is 0 Å². The Morgan fingerprint density at radius 3 is 2.50 bits per heavy atom. The third-order valence-electron chi connectivity index (χ3n) is 3.98. The van der Waals surface area contributed by atoms with Crippen molar-refractivity contribution in [3.63, 3.8) is 0 Å². The Morgan fingerprint density at radius 2 is 1.77 bits per heavy atom. The molecule has 1 aromatic heterocycles. The van der Waals surface area contributed by atoms with Crippen LogP contribution in [0.5, 0.6) is 5.75 Å². The molecule has 0 spiro atoms. The SMILES string of the molecule is O=C(O)c1cccc(C(=O)N2CC(OCCCOc3ccccc3)C2)n1. The smallest absolute Gasteiger partial charge is 0.354 e. The summed E-state index contributed by atoms with van der Waals surface area (Å²) in [5, 5.41) is 8.94. The van der Waals surface area contributed by atoms with Crippen LogP contribution < -0.4 is 4.74 Å². The Balaban J connectivity index is 1.34. The van der Waals surface area contributed by atoms with Crippen molar-refractivity contribution in [3.05, 3.63) is 59.9 Å². The Bertz CT molecular complexity index is 760. The van der Waals surface area contributed by atoms with E-state index in [4.69, 9.17) is 14.6 Å². The number of nitrogens with zero attached hydrogens (tertiary/aromatic N) is 2. The molecule has 3 rings (SSSR count). The van der Waals surface area contributed by atoms with Crippen LogP contribution >= 0.6 is 0 Å². The van der Waals surface area contributed by atoms with Gasteiger partial charge in [0.25, 0.3) is 5.91 Å². The van der Waals surface area contributed by atoms with E-state index < -0.39 is 5.97 Å². The van der Waals surface area contributed by atoms with Crippen molar-refractivity contribution in [3.8, 4) is 5.75 Å². The minimum atomic E-state index is -1.15. The molecule has 26 heavy (non-hydrogen) atoms. The number of aromatic nitrogens is 1. The lowest BCUT2D eigenvalue weighted by Gasteiger charge is -2.38. The van der Waals surface area contributed by atoms with E-state index in [0.29, 0.717) is 26.3 Å². The summed E-state index contributed by atoms with van der Waals surface area (Å²) in [7, 11) is 0. The quantitative estimate of drug-likeness (QED) is 0.729. The maximum absolute atomic E-state index is 12.3. The van der Waals surface area contributed by atoms with E-state index in [0.717, 1.165) is 12.2 Å². The summed E-state index contributed by atoms with van der Waals surface area (Å²) in [6.07, 6.45) is 0.764. The fourth-order valence-corrected chi connectivity index (χ4v) is 2.56. The van der Waals surface area contributed by atoms with Gasteiger partial charge in [0.2, 0.25) is 0 Å². The van der Waals surface area contributed by atoms with E-state index in [-0.39, 0.29) is 23.4 Å². The number of carboxylic acid groups (broad SMARTS) is 1. The molecule has 7 nitrogen and oxygen atoms in total. The highest BCUT2D eigenvalue weighted by Crippen LogP contribution is 2.16. The van der Waals surface area contributed by atoms with Gasteiger partial charge in [0, 0.05) is 19.5 Å². The molecule has 1 aromatic carbocycles. The molecule has 2 aromatic rings. The maximum atomic E-state index is 12.3. The Kier molecular flexibility index (Phi) is 5.80. The van der Waals surface area contributed by atoms with Gasteiger partial charge in [0.05, 0.1) is 19.3 Å². The van der Waals surface area contributed by atoms with Gasteiger partial charge < -0.3 is 19.5 Å². The standard InChI is InChI=1S/C19H20N2O5/c22-18(16-8-4-9-17(20-16)19(23)24)21-12-15(13-21)26-11-5-10-25-14-6-2-1-3-7-14/h1-4,6-9,15H,5,10-13H2,(H,23,24). The predicted octanol–water partition coefficient (Wildman–Crippen LogP) is 2.09. The van der Waals surface area contributed by atoms with Crippen LogP contribution in [-0.4, -0.2) is 59.3 Å². The average Bonchev–Trinajstić information content (AvgIpc) is 2.63. The van der Waals surface area contributed by atoms with E-state index >= 15 is 0 Å². The summed E-state index contributed by atoms with van der Waals surface area (Å²) in [5.41, 5.74) is 0.00204. The van der Waals surface area contributed by atoms with Gasteiger partial charge in [-0.3, -0.25) is 4.79 Å². The second-order valence-corrected chi connectivity index (χ2v) is 5.93. The number of carboxylic acids is 1. The van der Waals surface area contributed by atoms with Crippen molar-refractivity contribution in [2.45, 2.75) is 12.5 Å². The zero-order valence-corrected chi connectivity index (χ0v) is 14.2. The normalized spacial score (nSPS) is 13.9. The van der Waals surface area contributed by atoms with Gasteiger partial charge in [-0.05, 0) is 24.3 Å². The van der Waals surface area contributed by atoms with Crippen LogP contribution in [0.2, 0.25) is 0 Å². The molecular formula is C19H20N2O5. The van der Waals surface area contributed by atoms with Crippen LogP contribution in [0.15, 0.2) is 48.5 Å². The van der Waals surface area contributed by atoms with E-state index in [9.17, 15) is 9.59 Å². The summed E-state index contributed by atoms with van der Waals surface area (Å²) in [5.74, 6) is -0.591. The molecule has 0 saturated carbocycles. The number of ether oxygens (including phenoxy) is 2. The first kappa shape index (κ1) is 17.9. The summed E-state index contributed by atoms with van der Waals surface area (Å²) in [6, 6.07) is 14.0. The number of rotatable bonds is 8. The van der Waals surface area contributed by atoms with Gasteiger partial charge >= 0.3 is 5.97 Å². The number of carbonyl (C=O) groups is 2. The van der Waals surface area contributed by atoms with Crippen molar-refractivity contribution < 1.29 is 24.2 Å². The number of carbonyl (C=O) groups excluding carboxylic acids is 1. The number of amides is 1. The number of hydrogen-bond donors (Lipinski definition) is 1. The number of benzene rings is 1. The first-order valence-electron chi connectivity index (χ1n) is 8.42. The topological polar surface area (TPSA) is 89.0 Å². The molecule has 1 fully saturated rings. The number of para-hydroxylation sites is 1. The van der Waals surface area contributed by atoms with E-state index in [1.54, 1.807) is 4.90 Å². The Morgan fingerprint density at radius 1 is 1.04 bits per heavy atom. The average molecular weight is 356 g/mol. The molecule has 1 aliphatic rings. The number of hydrogen-bond acceptors (Lipinski definition) is 5. The number of pyridine rings is 1.